The van der Waals surface area contributed by atoms with E-state index in [0.717, 1.165) is 18.3 Å². The number of hydrogen-bond acceptors (Lipinski definition) is 2. The van der Waals surface area contributed by atoms with Crippen LogP contribution in [0.1, 0.15) is 45.2 Å². The minimum absolute atomic E-state index is 0.136. The maximum Gasteiger partial charge on any atom is 0.0453 e. The van der Waals surface area contributed by atoms with E-state index < -0.39 is 0 Å². The van der Waals surface area contributed by atoms with E-state index in [0.29, 0.717) is 6.04 Å². The van der Waals surface area contributed by atoms with Crippen molar-refractivity contribution in [3.63, 3.8) is 0 Å². The van der Waals surface area contributed by atoms with Gasteiger partial charge in [0, 0.05) is 18.6 Å². The second-order valence-corrected chi connectivity index (χ2v) is 6.20. The first-order chi connectivity index (χ1) is 9.13. The highest BCUT2D eigenvalue weighted by Gasteiger charge is 2.32. The van der Waals surface area contributed by atoms with Crippen LogP contribution in [0.3, 0.4) is 0 Å². The molecule has 2 nitrogen and oxygen atoms in total. The van der Waals surface area contributed by atoms with Crippen LogP contribution in [-0.4, -0.2) is 24.0 Å². The Bertz CT molecular complexity index is 374. The van der Waals surface area contributed by atoms with Crippen molar-refractivity contribution in [2.24, 2.45) is 17.6 Å². The van der Waals surface area contributed by atoms with Crippen LogP contribution in [-0.2, 0) is 0 Å². The molecule has 1 heterocycles. The monoisotopic (exact) mass is 260 g/mol. The molecule has 0 saturated carbocycles. The normalized spacial score (nSPS) is 23.7. The quantitative estimate of drug-likeness (QED) is 0.878. The SMILES string of the molecule is CCC(C(N)c1ccccc1)N1CCC(C(C)C)C1. The lowest BCUT2D eigenvalue weighted by molar-refractivity contribution is 0.191. The molecule has 0 aliphatic carbocycles. The van der Waals surface area contributed by atoms with Crippen LogP contribution in [0.25, 0.3) is 0 Å². The van der Waals surface area contributed by atoms with E-state index in [1.807, 2.05) is 0 Å². The Morgan fingerprint density at radius 3 is 2.47 bits per heavy atom. The van der Waals surface area contributed by atoms with Crippen molar-refractivity contribution in [1.82, 2.24) is 4.90 Å². The molecule has 3 atom stereocenters. The summed E-state index contributed by atoms with van der Waals surface area (Å²) in [5.74, 6) is 1.63. The molecule has 1 fully saturated rings. The van der Waals surface area contributed by atoms with Gasteiger partial charge in [0.15, 0.2) is 0 Å². The fourth-order valence-corrected chi connectivity index (χ4v) is 3.30. The van der Waals surface area contributed by atoms with E-state index in [4.69, 9.17) is 5.73 Å². The van der Waals surface area contributed by atoms with E-state index in [-0.39, 0.29) is 6.04 Å². The first-order valence-electron chi connectivity index (χ1n) is 7.68. The molecule has 3 unspecified atom stereocenters. The van der Waals surface area contributed by atoms with E-state index in [2.05, 4.69) is 56.0 Å². The molecule has 1 saturated heterocycles. The highest BCUT2D eigenvalue weighted by Crippen LogP contribution is 2.30. The fraction of sp³-hybridized carbons (Fsp3) is 0.647. The molecule has 2 N–H and O–H groups in total. The number of rotatable bonds is 5. The zero-order valence-electron chi connectivity index (χ0n) is 12.5. The smallest absolute Gasteiger partial charge is 0.0453 e. The van der Waals surface area contributed by atoms with Crippen LogP contribution in [0.5, 0.6) is 0 Å². The van der Waals surface area contributed by atoms with Crippen molar-refractivity contribution in [1.29, 1.82) is 0 Å². The van der Waals surface area contributed by atoms with E-state index in [9.17, 15) is 0 Å². The number of likely N-dealkylation sites (tertiary alicyclic amines) is 1. The minimum atomic E-state index is 0.136. The lowest BCUT2D eigenvalue weighted by Gasteiger charge is -2.32. The molecule has 0 radical (unpaired) electrons. The zero-order chi connectivity index (χ0) is 13.8. The Morgan fingerprint density at radius 2 is 1.95 bits per heavy atom. The molecular formula is C17H28N2. The number of nitrogens with zero attached hydrogens (tertiary/aromatic N) is 1. The molecule has 1 aromatic rings. The maximum absolute atomic E-state index is 6.51. The lowest BCUT2D eigenvalue weighted by Crippen LogP contribution is -2.41. The summed E-state index contributed by atoms with van der Waals surface area (Å²) >= 11 is 0. The molecule has 0 aromatic heterocycles. The molecular weight excluding hydrogens is 232 g/mol. The number of nitrogens with two attached hydrogens (primary N) is 1. The molecule has 2 rings (SSSR count). The second-order valence-electron chi connectivity index (χ2n) is 6.20. The lowest BCUT2D eigenvalue weighted by atomic mass is 9.94. The zero-order valence-corrected chi connectivity index (χ0v) is 12.5. The van der Waals surface area contributed by atoms with E-state index in [1.54, 1.807) is 0 Å². The van der Waals surface area contributed by atoms with Crippen molar-refractivity contribution < 1.29 is 0 Å². The summed E-state index contributed by atoms with van der Waals surface area (Å²) in [6.45, 7) is 9.37. The molecule has 0 spiro atoms. The predicted octanol–water partition coefficient (Wildman–Crippen LogP) is 3.44. The Labute approximate surface area is 118 Å². The van der Waals surface area contributed by atoms with Gasteiger partial charge in [0.25, 0.3) is 0 Å². The van der Waals surface area contributed by atoms with Crippen LogP contribution in [0.2, 0.25) is 0 Å². The van der Waals surface area contributed by atoms with Crippen LogP contribution in [0.4, 0.5) is 0 Å². The molecule has 0 bridgehead atoms. The Hall–Kier alpha value is -0.860. The van der Waals surface area contributed by atoms with Gasteiger partial charge in [-0.1, -0.05) is 51.1 Å². The summed E-state index contributed by atoms with van der Waals surface area (Å²) in [6, 6.07) is 11.2. The van der Waals surface area contributed by atoms with Crippen molar-refractivity contribution >= 4 is 0 Å². The largest absolute Gasteiger partial charge is 0.323 e. The Kier molecular flexibility index (Phi) is 5.00. The van der Waals surface area contributed by atoms with Crippen molar-refractivity contribution in [3.8, 4) is 0 Å². The molecule has 19 heavy (non-hydrogen) atoms. The third-order valence-electron chi connectivity index (χ3n) is 4.69. The van der Waals surface area contributed by atoms with Gasteiger partial charge < -0.3 is 5.73 Å². The van der Waals surface area contributed by atoms with Gasteiger partial charge in [0.1, 0.15) is 0 Å². The van der Waals surface area contributed by atoms with Crippen LogP contribution >= 0.6 is 0 Å². The molecule has 2 heteroatoms. The highest BCUT2D eigenvalue weighted by atomic mass is 15.2. The average molecular weight is 260 g/mol. The number of benzene rings is 1. The van der Waals surface area contributed by atoms with Crippen molar-refractivity contribution in [2.45, 2.75) is 45.7 Å². The molecule has 1 aliphatic rings. The van der Waals surface area contributed by atoms with Crippen molar-refractivity contribution in [3.05, 3.63) is 35.9 Å². The summed E-state index contributed by atoms with van der Waals surface area (Å²) in [4.78, 5) is 2.61. The molecule has 1 aliphatic heterocycles. The van der Waals surface area contributed by atoms with Crippen LogP contribution in [0, 0.1) is 11.8 Å². The van der Waals surface area contributed by atoms with Gasteiger partial charge in [-0.05, 0) is 36.8 Å². The summed E-state index contributed by atoms with van der Waals surface area (Å²) < 4.78 is 0. The topological polar surface area (TPSA) is 29.3 Å². The third-order valence-corrected chi connectivity index (χ3v) is 4.69. The fourth-order valence-electron chi connectivity index (χ4n) is 3.30. The van der Waals surface area contributed by atoms with E-state index >= 15 is 0 Å². The van der Waals surface area contributed by atoms with Crippen LogP contribution in [0.15, 0.2) is 30.3 Å². The first-order valence-corrected chi connectivity index (χ1v) is 7.68. The van der Waals surface area contributed by atoms with Gasteiger partial charge in [0.05, 0.1) is 0 Å². The maximum atomic E-state index is 6.51. The Morgan fingerprint density at radius 1 is 1.26 bits per heavy atom. The standard InChI is InChI=1S/C17H28N2/c1-4-16(17(18)14-8-6-5-7-9-14)19-11-10-15(12-19)13(2)3/h5-9,13,15-17H,4,10-12,18H2,1-3H3. The van der Waals surface area contributed by atoms with E-state index in [1.165, 1.54) is 25.1 Å². The molecule has 106 valence electrons. The van der Waals surface area contributed by atoms with Crippen molar-refractivity contribution in [2.75, 3.05) is 13.1 Å². The average Bonchev–Trinajstić information content (AvgIpc) is 2.90. The summed E-state index contributed by atoms with van der Waals surface area (Å²) in [5, 5.41) is 0. The second kappa shape index (κ2) is 6.53. The summed E-state index contributed by atoms with van der Waals surface area (Å²) in [6.07, 6.45) is 2.45. The Balaban J connectivity index is 2.04. The minimum Gasteiger partial charge on any atom is -0.323 e. The van der Waals surface area contributed by atoms with Gasteiger partial charge in [-0.25, -0.2) is 0 Å². The van der Waals surface area contributed by atoms with Gasteiger partial charge in [0.2, 0.25) is 0 Å². The molecule has 1 aromatic carbocycles. The van der Waals surface area contributed by atoms with Gasteiger partial charge in [-0.15, -0.1) is 0 Å². The highest BCUT2D eigenvalue weighted by molar-refractivity contribution is 5.20. The predicted molar refractivity (Wildman–Crippen MR) is 82.0 cm³/mol. The first kappa shape index (κ1) is 14.5. The van der Waals surface area contributed by atoms with Gasteiger partial charge in [-0.2, -0.15) is 0 Å². The summed E-state index contributed by atoms with van der Waals surface area (Å²) in [5.41, 5.74) is 7.78. The summed E-state index contributed by atoms with van der Waals surface area (Å²) in [7, 11) is 0. The van der Waals surface area contributed by atoms with Crippen LogP contribution < -0.4 is 5.73 Å². The van der Waals surface area contributed by atoms with Gasteiger partial charge >= 0.3 is 0 Å². The molecule has 0 amide bonds. The number of hydrogen-bond donors (Lipinski definition) is 1. The van der Waals surface area contributed by atoms with Gasteiger partial charge in [-0.3, -0.25) is 4.90 Å². The third kappa shape index (κ3) is 3.37.